The molecule has 0 aromatic rings. The van der Waals surface area contributed by atoms with Crippen LogP contribution >= 0.6 is 0 Å². The molecule has 0 spiro atoms. The smallest absolute Gasteiger partial charge is 0.333 e. The van der Waals surface area contributed by atoms with E-state index in [1.165, 1.54) is 0 Å². The Morgan fingerprint density at radius 2 is 1.61 bits per heavy atom. The summed E-state index contributed by atoms with van der Waals surface area (Å²) in [5.74, 6) is -0.879. The van der Waals surface area contributed by atoms with Gasteiger partial charge in [-0.2, -0.15) is 0 Å². The predicted molar refractivity (Wildman–Crippen MR) is 69.9 cm³/mol. The minimum atomic E-state index is -0.424. The number of esters is 2. The topological polar surface area (TPSA) is 52.6 Å². The van der Waals surface area contributed by atoms with Crippen molar-refractivity contribution in [3.8, 4) is 0 Å². The highest BCUT2D eigenvalue weighted by atomic mass is 16.6. The lowest BCUT2D eigenvalue weighted by atomic mass is 10.0. The molecule has 0 amide bonds. The maximum atomic E-state index is 11.4. The number of carbonyl (C=O) groups is 2. The van der Waals surface area contributed by atoms with E-state index in [4.69, 9.17) is 9.47 Å². The minimum absolute atomic E-state index is 0.0309. The van der Waals surface area contributed by atoms with Gasteiger partial charge in [-0.15, -0.1) is 0 Å². The van der Waals surface area contributed by atoms with Crippen molar-refractivity contribution < 1.29 is 19.1 Å². The Morgan fingerprint density at radius 3 is 2.00 bits per heavy atom. The molecule has 0 aliphatic carbocycles. The second kappa shape index (κ2) is 7.69. The average molecular weight is 254 g/mol. The SMILES string of the molecule is C=C(C)C(=O)OCC(CC)C(C)OC(=O)C(=C)C. The van der Waals surface area contributed by atoms with Crippen LogP contribution in [0.5, 0.6) is 0 Å². The van der Waals surface area contributed by atoms with Crippen molar-refractivity contribution in [2.24, 2.45) is 5.92 Å². The van der Waals surface area contributed by atoms with Crippen LogP contribution in [0.3, 0.4) is 0 Å². The highest BCUT2D eigenvalue weighted by Crippen LogP contribution is 2.14. The number of hydrogen-bond donors (Lipinski definition) is 0. The van der Waals surface area contributed by atoms with E-state index in [-0.39, 0.29) is 18.6 Å². The lowest BCUT2D eigenvalue weighted by molar-refractivity contribution is -0.149. The molecule has 4 heteroatoms. The summed E-state index contributed by atoms with van der Waals surface area (Å²) in [6.07, 6.45) is 0.422. The Kier molecular flexibility index (Phi) is 7.01. The van der Waals surface area contributed by atoms with E-state index >= 15 is 0 Å². The van der Waals surface area contributed by atoms with Crippen LogP contribution in [-0.4, -0.2) is 24.6 Å². The summed E-state index contributed by atoms with van der Waals surface area (Å²) in [4.78, 5) is 22.6. The van der Waals surface area contributed by atoms with Crippen LogP contribution in [0.25, 0.3) is 0 Å². The van der Waals surface area contributed by atoms with Crippen molar-refractivity contribution in [3.63, 3.8) is 0 Å². The summed E-state index contributed by atoms with van der Waals surface area (Å²) in [5.41, 5.74) is 0.715. The van der Waals surface area contributed by atoms with Crippen LogP contribution < -0.4 is 0 Å². The molecule has 2 unspecified atom stereocenters. The average Bonchev–Trinajstić information content (AvgIpc) is 2.28. The first-order valence-electron chi connectivity index (χ1n) is 5.98. The molecule has 0 saturated carbocycles. The lowest BCUT2D eigenvalue weighted by Gasteiger charge is -2.22. The summed E-state index contributed by atoms with van der Waals surface area (Å²) in [7, 11) is 0. The fraction of sp³-hybridized carbons (Fsp3) is 0.571. The number of carbonyl (C=O) groups excluding carboxylic acids is 2. The van der Waals surface area contributed by atoms with E-state index in [9.17, 15) is 9.59 Å². The predicted octanol–water partition coefficient (Wildman–Crippen LogP) is 2.64. The molecule has 0 fully saturated rings. The molecule has 0 aliphatic rings. The van der Waals surface area contributed by atoms with Crippen molar-refractivity contribution in [1.29, 1.82) is 0 Å². The van der Waals surface area contributed by atoms with Gasteiger partial charge in [-0.25, -0.2) is 9.59 Å². The van der Waals surface area contributed by atoms with Crippen molar-refractivity contribution >= 4 is 11.9 Å². The van der Waals surface area contributed by atoms with Crippen LogP contribution in [-0.2, 0) is 19.1 Å². The van der Waals surface area contributed by atoms with Gasteiger partial charge in [0.25, 0.3) is 0 Å². The molecular formula is C14H22O4. The van der Waals surface area contributed by atoms with Gasteiger partial charge < -0.3 is 9.47 Å². The van der Waals surface area contributed by atoms with Gasteiger partial charge in [0.05, 0.1) is 6.61 Å². The van der Waals surface area contributed by atoms with E-state index in [2.05, 4.69) is 13.2 Å². The van der Waals surface area contributed by atoms with Gasteiger partial charge in [-0.1, -0.05) is 20.1 Å². The minimum Gasteiger partial charge on any atom is -0.462 e. The standard InChI is InChI=1S/C14H22O4/c1-7-12(8-17-13(15)9(2)3)11(6)18-14(16)10(4)5/h11-12H,2,4,7-8H2,1,3,5-6H3. The molecule has 4 nitrogen and oxygen atoms in total. The zero-order chi connectivity index (χ0) is 14.3. The van der Waals surface area contributed by atoms with Gasteiger partial charge >= 0.3 is 11.9 Å². The summed E-state index contributed by atoms with van der Waals surface area (Å²) in [6.45, 7) is 14.2. The zero-order valence-electron chi connectivity index (χ0n) is 11.6. The third-order valence-corrected chi connectivity index (χ3v) is 2.61. The Hall–Kier alpha value is -1.58. The van der Waals surface area contributed by atoms with Crippen LogP contribution in [0.1, 0.15) is 34.1 Å². The summed E-state index contributed by atoms with van der Waals surface area (Å²) in [5, 5.41) is 0. The molecule has 0 aliphatic heterocycles. The lowest BCUT2D eigenvalue weighted by Crippen LogP contribution is -2.28. The number of rotatable bonds is 7. The van der Waals surface area contributed by atoms with Crippen molar-refractivity contribution in [1.82, 2.24) is 0 Å². The van der Waals surface area contributed by atoms with Gasteiger partial charge in [0.2, 0.25) is 0 Å². The largest absolute Gasteiger partial charge is 0.462 e. The normalized spacial score (nSPS) is 13.3. The van der Waals surface area contributed by atoms with Crippen LogP contribution in [0.4, 0.5) is 0 Å². The molecule has 0 N–H and O–H groups in total. The van der Waals surface area contributed by atoms with E-state index in [1.807, 2.05) is 6.92 Å². The summed E-state index contributed by atoms with van der Waals surface area (Å²) >= 11 is 0. The third kappa shape index (κ3) is 5.66. The molecule has 0 saturated heterocycles. The van der Waals surface area contributed by atoms with E-state index in [1.54, 1.807) is 20.8 Å². The molecular weight excluding hydrogens is 232 g/mol. The molecule has 0 aromatic carbocycles. The van der Waals surface area contributed by atoms with Crippen LogP contribution in [0.15, 0.2) is 24.3 Å². The highest BCUT2D eigenvalue weighted by molar-refractivity contribution is 5.87. The molecule has 0 aromatic heterocycles. The van der Waals surface area contributed by atoms with Gasteiger partial charge in [0.1, 0.15) is 6.10 Å². The molecule has 0 rings (SSSR count). The Bertz CT molecular complexity index is 344. The van der Waals surface area contributed by atoms with Gasteiger partial charge in [0, 0.05) is 17.1 Å². The van der Waals surface area contributed by atoms with E-state index in [0.717, 1.165) is 6.42 Å². The van der Waals surface area contributed by atoms with Gasteiger partial charge in [-0.3, -0.25) is 0 Å². The second-order valence-electron chi connectivity index (χ2n) is 4.44. The van der Waals surface area contributed by atoms with Gasteiger partial charge in [-0.05, 0) is 27.2 Å². The molecule has 0 radical (unpaired) electrons. The monoisotopic (exact) mass is 254 g/mol. The summed E-state index contributed by atoms with van der Waals surface area (Å²) < 4.78 is 10.3. The first-order chi connectivity index (χ1) is 8.29. The van der Waals surface area contributed by atoms with Crippen molar-refractivity contribution in [2.75, 3.05) is 6.61 Å². The Balaban J connectivity index is 4.32. The zero-order valence-corrected chi connectivity index (χ0v) is 11.6. The first kappa shape index (κ1) is 16.4. The molecule has 102 valence electrons. The fourth-order valence-corrected chi connectivity index (χ4v) is 1.26. The Morgan fingerprint density at radius 1 is 1.11 bits per heavy atom. The highest BCUT2D eigenvalue weighted by Gasteiger charge is 2.21. The van der Waals surface area contributed by atoms with Crippen LogP contribution in [0.2, 0.25) is 0 Å². The maximum Gasteiger partial charge on any atom is 0.333 e. The second-order valence-corrected chi connectivity index (χ2v) is 4.44. The molecule has 18 heavy (non-hydrogen) atoms. The molecule has 2 atom stereocenters. The van der Waals surface area contributed by atoms with Crippen molar-refractivity contribution in [3.05, 3.63) is 24.3 Å². The quantitative estimate of drug-likeness (QED) is 0.517. The number of ether oxygens (including phenoxy) is 2. The third-order valence-electron chi connectivity index (χ3n) is 2.61. The molecule has 0 heterocycles. The molecule has 0 bridgehead atoms. The van der Waals surface area contributed by atoms with Gasteiger partial charge in [0.15, 0.2) is 0 Å². The fourth-order valence-electron chi connectivity index (χ4n) is 1.26. The van der Waals surface area contributed by atoms with E-state index < -0.39 is 11.9 Å². The Labute approximate surface area is 109 Å². The van der Waals surface area contributed by atoms with Crippen LogP contribution in [0, 0.1) is 5.92 Å². The van der Waals surface area contributed by atoms with Crippen molar-refractivity contribution in [2.45, 2.75) is 40.2 Å². The number of hydrogen-bond acceptors (Lipinski definition) is 4. The maximum absolute atomic E-state index is 11.4. The summed E-state index contributed by atoms with van der Waals surface area (Å²) in [6, 6.07) is 0. The van der Waals surface area contributed by atoms with E-state index in [0.29, 0.717) is 11.1 Å². The first-order valence-corrected chi connectivity index (χ1v) is 5.98.